The van der Waals surface area contributed by atoms with Crippen molar-refractivity contribution in [2.45, 2.75) is 19.4 Å². The lowest BCUT2D eigenvalue weighted by atomic mass is 10.2. The van der Waals surface area contributed by atoms with Crippen molar-refractivity contribution in [3.63, 3.8) is 0 Å². The monoisotopic (exact) mass is 214 g/mol. The van der Waals surface area contributed by atoms with Crippen molar-refractivity contribution >= 4 is 17.8 Å². The van der Waals surface area contributed by atoms with Crippen LogP contribution >= 0.6 is 0 Å². The number of carboxylic acid groups (broad SMARTS) is 1. The summed E-state index contributed by atoms with van der Waals surface area (Å²) in [7, 11) is 1.47. The number of carboxylic acids is 1. The highest BCUT2D eigenvalue weighted by molar-refractivity contribution is 5.92. The van der Waals surface area contributed by atoms with Gasteiger partial charge in [0.25, 0.3) is 0 Å². The lowest BCUT2D eigenvalue weighted by Crippen LogP contribution is -2.44. The Morgan fingerprint density at radius 2 is 1.93 bits per heavy atom. The average molecular weight is 214 g/mol. The van der Waals surface area contributed by atoms with Gasteiger partial charge in [0, 0.05) is 7.05 Å². The van der Waals surface area contributed by atoms with Crippen LogP contribution in [0.25, 0.3) is 0 Å². The number of likely N-dealkylation sites (N-methyl/N-ethyl adjacent to an activating group) is 1. The van der Waals surface area contributed by atoms with Gasteiger partial charge < -0.3 is 15.7 Å². The first kappa shape index (κ1) is 11.5. The van der Waals surface area contributed by atoms with E-state index in [2.05, 4.69) is 10.6 Å². The van der Waals surface area contributed by atoms with E-state index < -0.39 is 23.8 Å². The molecule has 0 saturated heterocycles. The molecule has 0 spiro atoms. The van der Waals surface area contributed by atoms with Crippen molar-refractivity contribution in [3.8, 4) is 0 Å². The van der Waals surface area contributed by atoms with E-state index in [0.29, 0.717) is 6.42 Å². The van der Waals surface area contributed by atoms with Crippen LogP contribution in [0.2, 0.25) is 0 Å². The van der Waals surface area contributed by atoms with Crippen molar-refractivity contribution in [1.82, 2.24) is 10.6 Å². The van der Waals surface area contributed by atoms with E-state index in [0.717, 1.165) is 0 Å². The number of carbonyl (C=O) groups is 3. The number of amides is 2. The first-order chi connectivity index (χ1) is 6.97. The number of hydrogen-bond acceptors (Lipinski definition) is 3. The van der Waals surface area contributed by atoms with Crippen LogP contribution in [0, 0.1) is 11.8 Å². The molecule has 1 aliphatic carbocycles. The fourth-order valence-electron chi connectivity index (χ4n) is 1.36. The zero-order valence-corrected chi connectivity index (χ0v) is 8.61. The molecule has 0 aromatic rings. The minimum atomic E-state index is -0.956. The number of aliphatic carboxylic acids is 1. The molecule has 2 amide bonds. The Labute approximate surface area is 87.0 Å². The maximum atomic E-state index is 11.4. The van der Waals surface area contributed by atoms with Gasteiger partial charge in [-0.15, -0.1) is 0 Å². The number of carbonyl (C=O) groups excluding carboxylic acids is 2. The van der Waals surface area contributed by atoms with E-state index in [1.165, 1.54) is 7.05 Å². The quantitative estimate of drug-likeness (QED) is 0.557. The summed E-state index contributed by atoms with van der Waals surface area (Å²) in [5.41, 5.74) is 0. The summed E-state index contributed by atoms with van der Waals surface area (Å²) in [6, 6.07) is -0.627. The predicted molar refractivity (Wildman–Crippen MR) is 50.9 cm³/mol. The predicted octanol–water partition coefficient (Wildman–Crippen LogP) is -1.04. The maximum Gasteiger partial charge on any atom is 0.307 e. The molecule has 1 saturated carbocycles. The molecule has 1 fully saturated rings. The molecule has 0 radical (unpaired) electrons. The van der Waals surface area contributed by atoms with Crippen LogP contribution in [0.5, 0.6) is 0 Å². The second kappa shape index (κ2) is 4.29. The van der Waals surface area contributed by atoms with Gasteiger partial charge in [0.05, 0.1) is 11.8 Å². The Balaban J connectivity index is 2.38. The molecular formula is C9H14N2O4. The van der Waals surface area contributed by atoms with Crippen molar-refractivity contribution in [3.05, 3.63) is 0 Å². The summed E-state index contributed by atoms with van der Waals surface area (Å²) in [5.74, 6) is -2.67. The number of hydrogen-bond donors (Lipinski definition) is 3. The highest BCUT2D eigenvalue weighted by atomic mass is 16.4. The van der Waals surface area contributed by atoms with Gasteiger partial charge in [-0.05, 0) is 13.3 Å². The van der Waals surface area contributed by atoms with Crippen LogP contribution in [-0.4, -0.2) is 36.0 Å². The summed E-state index contributed by atoms with van der Waals surface area (Å²) in [6.45, 7) is 1.55. The molecule has 0 aromatic heterocycles. The number of rotatable bonds is 4. The Kier molecular flexibility index (Phi) is 3.28. The molecule has 6 nitrogen and oxygen atoms in total. The van der Waals surface area contributed by atoms with Crippen molar-refractivity contribution in [1.29, 1.82) is 0 Å². The van der Waals surface area contributed by atoms with Crippen LogP contribution in [0.1, 0.15) is 13.3 Å². The lowest BCUT2D eigenvalue weighted by Gasteiger charge is -2.11. The average Bonchev–Trinajstić information content (AvgIpc) is 2.95. The fourth-order valence-corrected chi connectivity index (χ4v) is 1.36. The van der Waals surface area contributed by atoms with Crippen LogP contribution in [0.4, 0.5) is 0 Å². The first-order valence-electron chi connectivity index (χ1n) is 4.72. The van der Waals surface area contributed by atoms with E-state index in [4.69, 9.17) is 5.11 Å². The highest BCUT2D eigenvalue weighted by Gasteiger charge is 2.48. The van der Waals surface area contributed by atoms with E-state index in [1.54, 1.807) is 6.92 Å². The molecule has 0 heterocycles. The Morgan fingerprint density at radius 1 is 1.33 bits per heavy atom. The topological polar surface area (TPSA) is 95.5 Å². The SMILES string of the molecule is CNC(=O)C(C)NC(=O)[C@@H]1C[C@@H]1C(=O)O. The first-order valence-corrected chi connectivity index (χ1v) is 4.72. The van der Waals surface area contributed by atoms with Crippen LogP contribution in [0.3, 0.4) is 0 Å². The zero-order valence-electron chi connectivity index (χ0n) is 8.61. The van der Waals surface area contributed by atoms with Crippen LogP contribution < -0.4 is 10.6 Å². The van der Waals surface area contributed by atoms with Crippen LogP contribution in [-0.2, 0) is 14.4 Å². The molecule has 84 valence electrons. The zero-order chi connectivity index (χ0) is 11.6. The highest BCUT2D eigenvalue weighted by Crippen LogP contribution is 2.38. The number of nitrogens with one attached hydrogen (secondary N) is 2. The molecule has 0 bridgehead atoms. The van der Waals surface area contributed by atoms with Crippen molar-refractivity contribution < 1.29 is 19.5 Å². The van der Waals surface area contributed by atoms with Gasteiger partial charge >= 0.3 is 5.97 Å². The van der Waals surface area contributed by atoms with E-state index in [9.17, 15) is 14.4 Å². The third-order valence-corrected chi connectivity index (χ3v) is 2.44. The second-order valence-electron chi connectivity index (χ2n) is 3.63. The minimum Gasteiger partial charge on any atom is -0.481 e. The molecular weight excluding hydrogens is 200 g/mol. The molecule has 1 unspecified atom stereocenters. The molecule has 3 atom stereocenters. The van der Waals surface area contributed by atoms with Gasteiger partial charge in [-0.2, -0.15) is 0 Å². The molecule has 1 aliphatic rings. The Morgan fingerprint density at radius 3 is 2.33 bits per heavy atom. The summed E-state index contributed by atoms with van der Waals surface area (Å²) in [6.07, 6.45) is 0.363. The third kappa shape index (κ3) is 2.68. The van der Waals surface area contributed by atoms with Crippen LogP contribution in [0.15, 0.2) is 0 Å². The smallest absolute Gasteiger partial charge is 0.307 e. The lowest BCUT2D eigenvalue weighted by molar-refractivity contribution is -0.140. The second-order valence-corrected chi connectivity index (χ2v) is 3.63. The van der Waals surface area contributed by atoms with Crippen molar-refractivity contribution in [2.24, 2.45) is 11.8 Å². The summed E-state index contributed by atoms with van der Waals surface area (Å²) < 4.78 is 0. The molecule has 15 heavy (non-hydrogen) atoms. The fraction of sp³-hybridized carbons (Fsp3) is 0.667. The van der Waals surface area contributed by atoms with E-state index in [1.807, 2.05) is 0 Å². The van der Waals surface area contributed by atoms with Gasteiger partial charge in [0.1, 0.15) is 6.04 Å². The molecule has 3 N–H and O–H groups in total. The Bertz CT molecular complexity index is 302. The summed E-state index contributed by atoms with van der Waals surface area (Å²) in [4.78, 5) is 33.0. The van der Waals surface area contributed by atoms with Crippen molar-refractivity contribution in [2.75, 3.05) is 7.05 Å². The maximum absolute atomic E-state index is 11.4. The molecule has 1 rings (SSSR count). The van der Waals surface area contributed by atoms with Gasteiger partial charge in [-0.1, -0.05) is 0 Å². The summed E-state index contributed by atoms with van der Waals surface area (Å²) >= 11 is 0. The van der Waals surface area contributed by atoms with Gasteiger partial charge in [-0.25, -0.2) is 0 Å². The van der Waals surface area contributed by atoms with Gasteiger partial charge in [0.15, 0.2) is 0 Å². The molecule has 6 heteroatoms. The van der Waals surface area contributed by atoms with E-state index in [-0.39, 0.29) is 11.8 Å². The molecule has 0 aliphatic heterocycles. The minimum absolute atomic E-state index is 0.295. The normalized spacial score (nSPS) is 25.2. The van der Waals surface area contributed by atoms with E-state index >= 15 is 0 Å². The molecule has 0 aromatic carbocycles. The third-order valence-electron chi connectivity index (χ3n) is 2.44. The summed E-state index contributed by atoms with van der Waals surface area (Å²) in [5, 5.41) is 13.5. The van der Waals surface area contributed by atoms with Gasteiger partial charge in [-0.3, -0.25) is 14.4 Å². The largest absolute Gasteiger partial charge is 0.481 e. The Hall–Kier alpha value is -1.59. The standard InChI is InChI=1S/C9H14N2O4/c1-4(7(12)10-2)11-8(13)5-3-6(5)9(14)15/h4-6H,3H2,1-2H3,(H,10,12)(H,11,13)(H,14,15)/t4?,5-,6+/m1/s1. The van der Waals surface area contributed by atoms with Gasteiger partial charge in [0.2, 0.25) is 11.8 Å².